The second-order valence-electron chi connectivity index (χ2n) is 5.14. The van der Waals surface area contributed by atoms with Gasteiger partial charge in [-0.25, -0.2) is 0 Å². The van der Waals surface area contributed by atoms with Gasteiger partial charge in [0.2, 0.25) is 0 Å². The van der Waals surface area contributed by atoms with E-state index in [0.717, 1.165) is 24.1 Å². The van der Waals surface area contributed by atoms with Crippen molar-refractivity contribution in [1.29, 1.82) is 0 Å². The van der Waals surface area contributed by atoms with E-state index in [4.69, 9.17) is 4.99 Å². The Kier molecular flexibility index (Phi) is 5.10. The summed E-state index contributed by atoms with van der Waals surface area (Å²) < 4.78 is 0. The lowest BCUT2D eigenvalue weighted by molar-refractivity contribution is 0.898. The number of aryl methyl sites for hydroxylation is 1. The molecule has 1 aromatic carbocycles. The zero-order chi connectivity index (χ0) is 15.2. The van der Waals surface area contributed by atoms with Crippen LogP contribution in [0.5, 0.6) is 0 Å². The van der Waals surface area contributed by atoms with Crippen LogP contribution < -0.4 is 0 Å². The number of hydrogen-bond acceptors (Lipinski definition) is 1. The molecule has 1 unspecified atom stereocenters. The Morgan fingerprint density at radius 3 is 2.67 bits per heavy atom. The molecule has 1 aromatic rings. The second-order valence-corrected chi connectivity index (χ2v) is 5.14. The highest BCUT2D eigenvalue weighted by Gasteiger charge is 2.21. The fourth-order valence-electron chi connectivity index (χ4n) is 2.67. The molecule has 0 spiro atoms. The number of rotatable bonds is 6. The maximum Gasteiger partial charge on any atom is 0.0946 e. The summed E-state index contributed by atoms with van der Waals surface area (Å²) in [7, 11) is 0. The molecule has 1 heterocycles. The zero-order valence-electron chi connectivity index (χ0n) is 13.0. The van der Waals surface area contributed by atoms with Crippen molar-refractivity contribution in [1.82, 2.24) is 0 Å². The number of hydrogen-bond donors (Lipinski definition) is 0. The highest BCUT2D eigenvalue weighted by Crippen LogP contribution is 2.32. The Bertz CT molecular complexity index is 629. The van der Waals surface area contributed by atoms with Gasteiger partial charge in [0.1, 0.15) is 0 Å². The lowest BCUT2D eigenvalue weighted by Gasteiger charge is -2.10. The first kappa shape index (κ1) is 15.2. The summed E-state index contributed by atoms with van der Waals surface area (Å²) in [5.74, 6) is 0. The molecule has 0 radical (unpaired) electrons. The molecule has 0 bridgehead atoms. The maximum absolute atomic E-state index is 4.91. The van der Waals surface area contributed by atoms with Crippen molar-refractivity contribution >= 4 is 5.71 Å². The number of benzene rings is 1. The third kappa shape index (κ3) is 3.30. The van der Waals surface area contributed by atoms with E-state index in [0.29, 0.717) is 0 Å². The van der Waals surface area contributed by atoms with E-state index in [9.17, 15) is 0 Å². The molecule has 0 N–H and O–H groups in total. The average molecular weight is 277 g/mol. The Hall–Kier alpha value is -2.15. The van der Waals surface area contributed by atoms with E-state index in [1.807, 2.05) is 12.2 Å². The van der Waals surface area contributed by atoms with Gasteiger partial charge in [-0.2, -0.15) is 0 Å². The smallest absolute Gasteiger partial charge is 0.0946 e. The SMILES string of the molecule is C=C/C=C\C(=C)C1=NC(c2ccccc2CC)C=C1CC. The summed E-state index contributed by atoms with van der Waals surface area (Å²) >= 11 is 0. The average Bonchev–Trinajstić information content (AvgIpc) is 2.96. The van der Waals surface area contributed by atoms with Crippen molar-refractivity contribution < 1.29 is 0 Å². The molecule has 1 nitrogen and oxygen atoms in total. The van der Waals surface area contributed by atoms with Crippen molar-refractivity contribution in [3.05, 3.63) is 84.0 Å². The topological polar surface area (TPSA) is 12.4 Å². The quantitative estimate of drug-likeness (QED) is 0.619. The van der Waals surface area contributed by atoms with Crippen LogP contribution in [0.2, 0.25) is 0 Å². The molecular weight excluding hydrogens is 254 g/mol. The normalized spacial score (nSPS) is 17.7. The zero-order valence-corrected chi connectivity index (χ0v) is 13.0. The van der Waals surface area contributed by atoms with Crippen LogP contribution in [-0.4, -0.2) is 5.71 Å². The highest BCUT2D eigenvalue weighted by atomic mass is 14.8. The molecule has 1 heteroatoms. The molecule has 0 saturated carbocycles. The molecule has 0 amide bonds. The Morgan fingerprint density at radius 2 is 2.00 bits per heavy atom. The predicted octanol–water partition coefficient (Wildman–Crippen LogP) is 5.38. The minimum absolute atomic E-state index is 0.125. The summed E-state index contributed by atoms with van der Waals surface area (Å²) in [5.41, 5.74) is 5.95. The molecule has 0 aromatic heterocycles. The lowest BCUT2D eigenvalue weighted by atomic mass is 9.97. The maximum atomic E-state index is 4.91. The van der Waals surface area contributed by atoms with Gasteiger partial charge in [0.05, 0.1) is 11.8 Å². The van der Waals surface area contributed by atoms with Crippen LogP contribution in [0.15, 0.2) is 77.9 Å². The van der Waals surface area contributed by atoms with Gasteiger partial charge in [0.25, 0.3) is 0 Å². The van der Waals surface area contributed by atoms with Gasteiger partial charge in [0.15, 0.2) is 0 Å². The second kappa shape index (κ2) is 7.03. The molecule has 0 saturated heterocycles. The summed E-state index contributed by atoms with van der Waals surface area (Å²) in [6.07, 6.45) is 9.93. The van der Waals surface area contributed by atoms with Crippen LogP contribution >= 0.6 is 0 Å². The first-order chi connectivity index (χ1) is 10.2. The minimum atomic E-state index is 0.125. The molecule has 0 aliphatic carbocycles. The van der Waals surface area contributed by atoms with Gasteiger partial charge in [0, 0.05) is 0 Å². The van der Waals surface area contributed by atoms with Crippen molar-refractivity contribution in [2.45, 2.75) is 32.7 Å². The van der Waals surface area contributed by atoms with E-state index in [2.05, 4.69) is 57.3 Å². The van der Waals surface area contributed by atoms with Crippen LogP contribution in [0.1, 0.15) is 37.4 Å². The van der Waals surface area contributed by atoms with Crippen molar-refractivity contribution in [2.24, 2.45) is 4.99 Å². The Balaban J connectivity index is 2.37. The largest absolute Gasteiger partial charge is 0.272 e. The highest BCUT2D eigenvalue weighted by molar-refractivity contribution is 6.15. The molecule has 1 aliphatic rings. The lowest BCUT2D eigenvalue weighted by Crippen LogP contribution is -2.00. The van der Waals surface area contributed by atoms with Crippen molar-refractivity contribution in [2.75, 3.05) is 0 Å². The summed E-state index contributed by atoms with van der Waals surface area (Å²) in [6, 6.07) is 8.68. The first-order valence-corrected chi connectivity index (χ1v) is 7.56. The van der Waals surface area contributed by atoms with Gasteiger partial charge < -0.3 is 0 Å². The minimum Gasteiger partial charge on any atom is -0.272 e. The summed E-state index contributed by atoms with van der Waals surface area (Å²) in [4.78, 5) is 4.91. The van der Waals surface area contributed by atoms with Gasteiger partial charge in [-0.05, 0) is 35.1 Å². The molecule has 1 aliphatic heterocycles. The van der Waals surface area contributed by atoms with Crippen LogP contribution in [0, 0.1) is 0 Å². The summed E-state index contributed by atoms with van der Waals surface area (Å²) in [6.45, 7) is 12.2. The van der Waals surface area contributed by atoms with Gasteiger partial charge in [-0.3, -0.25) is 4.99 Å². The predicted molar refractivity (Wildman–Crippen MR) is 92.8 cm³/mol. The fourth-order valence-corrected chi connectivity index (χ4v) is 2.67. The fraction of sp³-hybridized carbons (Fsp3) is 0.250. The molecule has 1 atom stereocenters. The van der Waals surface area contributed by atoms with E-state index in [-0.39, 0.29) is 6.04 Å². The van der Waals surface area contributed by atoms with E-state index in [1.165, 1.54) is 16.7 Å². The van der Waals surface area contributed by atoms with Crippen molar-refractivity contribution in [3.8, 4) is 0 Å². The Labute approximate surface area is 128 Å². The molecule has 0 fully saturated rings. The van der Waals surface area contributed by atoms with Crippen molar-refractivity contribution in [3.63, 3.8) is 0 Å². The molecular formula is C20H23N. The Morgan fingerprint density at radius 1 is 1.24 bits per heavy atom. The van der Waals surface area contributed by atoms with Crippen LogP contribution in [0.4, 0.5) is 0 Å². The number of nitrogens with zero attached hydrogens (tertiary/aromatic N) is 1. The third-order valence-electron chi connectivity index (χ3n) is 3.80. The standard InChI is InChI=1S/C20H23N/c1-5-8-11-15(4)20-17(7-3)14-19(21-20)18-13-10-9-12-16(18)6-2/h5,8-14,19H,1,4,6-7H2,2-3H3/b11-8-. The first-order valence-electron chi connectivity index (χ1n) is 7.56. The van der Waals surface area contributed by atoms with E-state index in [1.54, 1.807) is 6.08 Å². The molecule has 108 valence electrons. The van der Waals surface area contributed by atoms with E-state index < -0.39 is 0 Å². The van der Waals surface area contributed by atoms with Gasteiger partial charge in [-0.15, -0.1) is 0 Å². The summed E-state index contributed by atoms with van der Waals surface area (Å²) in [5, 5.41) is 0. The van der Waals surface area contributed by atoms with Crippen LogP contribution in [0.25, 0.3) is 0 Å². The molecule has 21 heavy (non-hydrogen) atoms. The van der Waals surface area contributed by atoms with Crippen LogP contribution in [-0.2, 0) is 6.42 Å². The third-order valence-corrected chi connectivity index (χ3v) is 3.80. The van der Waals surface area contributed by atoms with Gasteiger partial charge in [-0.1, -0.05) is 75.6 Å². The number of allylic oxidation sites excluding steroid dienone is 5. The molecule has 2 rings (SSSR count). The van der Waals surface area contributed by atoms with E-state index >= 15 is 0 Å². The number of aliphatic imine (C=N–C) groups is 1. The van der Waals surface area contributed by atoms with Gasteiger partial charge >= 0.3 is 0 Å². The van der Waals surface area contributed by atoms with Crippen LogP contribution in [0.3, 0.4) is 0 Å². The monoisotopic (exact) mass is 277 g/mol.